The molecule has 3 aliphatic rings. The molecule has 6 heteroatoms. The van der Waals surface area contributed by atoms with Gasteiger partial charge in [0.1, 0.15) is 18.5 Å². The lowest BCUT2D eigenvalue weighted by Crippen LogP contribution is -2.50. The second-order valence-electron chi connectivity index (χ2n) is 8.70. The van der Waals surface area contributed by atoms with Gasteiger partial charge in [-0.15, -0.1) is 0 Å². The predicted molar refractivity (Wildman–Crippen MR) is 125 cm³/mol. The number of anilines is 1. The Hall–Kier alpha value is -1.35. The van der Waals surface area contributed by atoms with Crippen molar-refractivity contribution >= 4 is 28.3 Å². The normalized spacial score (nSPS) is 30.9. The maximum Gasteiger partial charge on any atom is 0.142 e. The first-order chi connectivity index (χ1) is 14.5. The fourth-order valence-corrected chi connectivity index (χ4v) is 5.57. The van der Waals surface area contributed by atoms with Gasteiger partial charge in [0.05, 0.1) is 27.9 Å². The third-order valence-corrected chi connectivity index (χ3v) is 7.82. The molecular weight excluding hydrogens is 493 g/mol. The van der Waals surface area contributed by atoms with Gasteiger partial charge in [-0.3, -0.25) is 0 Å². The van der Waals surface area contributed by atoms with Gasteiger partial charge in [-0.25, -0.2) is 0 Å². The number of hydrogen-bond acceptors (Lipinski definition) is 5. The lowest BCUT2D eigenvalue weighted by atomic mass is 9.89. The summed E-state index contributed by atoms with van der Waals surface area (Å²) in [5, 5.41) is 24.0. The van der Waals surface area contributed by atoms with Crippen molar-refractivity contribution in [1.29, 1.82) is 0 Å². The van der Waals surface area contributed by atoms with E-state index in [1.165, 1.54) is 29.5 Å². The fraction of sp³-hybridized carbons (Fsp3) is 0.500. The number of hydrogen-bond donors (Lipinski definition) is 3. The van der Waals surface area contributed by atoms with Crippen LogP contribution in [0.4, 0.5) is 5.69 Å². The average Bonchev–Trinajstić information content (AvgIpc) is 3.60. The van der Waals surface area contributed by atoms with Crippen LogP contribution in [0, 0.1) is 0 Å². The lowest BCUT2D eigenvalue weighted by Gasteiger charge is -2.40. The quantitative estimate of drug-likeness (QED) is 0.420. The first kappa shape index (κ1) is 20.5. The van der Waals surface area contributed by atoms with E-state index < -0.39 is 18.3 Å². The van der Waals surface area contributed by atoms with Crippen molar-refractivity contribution in [1.82, 2.24) is 0 Å². The highest BCUT2D eigenvalue weighted by molar-refractivity contribution is 14.1. The van der Waals surface area contributed by atoms with Crippen molar-refractivity contribution < 1.29 is 19.7 Å². The van der Waals surface area contributed by atoms with Crippen molar-refractivity contribution in [3.05, 3.63) is 58.7 Å². The molecule has 1 saturated heterocycles. The summed E-state index contributed by atoms with van der Waals surface area (Å²) in [4.78, 5) is 0. The molecular formula is C24H28INO4. The molecule has 2 fully saturated rings. The number of fused-ring (bicyclic) bond motifs is 1. The third-order valence-electron chi connectivity index (χ3n) is 6.43. The Morgan fingerprint density at radius 3 is 2.73 bits per heavy atom. The Balaban J connectivity index is 1.45. The molecule has 160 valence electrons. The van der Waals surface area contributed by atoms with E-state index in [0.717, 1.165) is 30.0 Å². The second kappa shape index (κ2) is 8.30. The highest BCUT2D eigenvalue weighted by Crippen LogP contribution is 2.44. The van der Waals surface area contributed by atoms with Crippen molar-refractivity contribution in [3.8, 4) is 5.75 Å². The molecule has 2 heterocycles. The van der Waals surface area contributed by atoms with Gasteiger partial charge >= 0.3 is 0 Å². The number of aliphatic hydroxyl groups excluding tert-OH is 2. The molecule has 0 radical (unpaired) electrons. The van der Waals surface area contributed by atoms with E-state index >= 15 is 0 Å². The van der Waals surface area contributed by atoms with Gasteiger partial charge < -0.3 is 25.0 Å². The SMILES string of the molecule is C[C@H]1O[C@@H](c2ccc(C3CC3)c(Cc3ccc4c(c3)NCCO4)c2)[C@H](I)[C@@H](O)[C@@H]1O. The summed E-state index contributed by atoms with van der Waals surface area (Å²) in [6, 6.07) is 13.0. The van der Waals surface area contributed by atoms with Crippen LogP contribution in [0.2, 0.25) is 0 Å². The van der Waals surface area contributed by atoms with E-state index in [-0.39, 0.29) is 10.0 Å². The van der Waals surface area contributed by atoms with Crippen LogP contribution in [0.3, 0.4) is 0 Å². The molecule has 5 nitrogen and oxygen atoms in total. The van der Waals surface area contributed by atoms with E-state index in [1.807, 2.05) is 6.92 Å². The minimum atomic E-state index is -0.849. The Labute approximate surface area is 190 Å². The van der Waals surface area contributed by atoms with E-state index in [0.29, 0.717) is 12.5 Å². The molecule has 2 aliphatic heterocycles. The molecule has 3 N–H and O–H groups in total. The van der Waals surface area contributed by atoms with Gasteiger partial charge in [-0.2, -0.15) is 0 Å². The smallest absolute Gasteiger partial charge is 0.142 e. The molecule has 5 atom stereocenters. The van der Waals surface area contributed by atoms with Crippen LogP contribution in [-0.2, 0) is 11.2 Å². The van der Waals surface area contributed by atoms with Gasteiger partial charge in [0.15, 0.2) is 0 Å². The third kappa shape index (κ3) is 3.95. The first-order valence-electron chi connectivity index (χ1n) is 10.8. The molecule has 30 heavy (non-hydrogen) atoms. The topological polar surface area (TPSA) is 71.0 Å². The van der Waals surface area contributed by atoms with Gasteiger partial charge in [0, 0.05) is 6.54 Å². The standard InChI is InChI=1S/C24H28INO4/c1-13-22(27)23(28)21(25)24(30-13)16-5-6-18(15-3-4-15)17(12-16)10-14-2-7-20-19(11-14)26-8-9-29-20/h2,5-7,11-13,15,21-24,26-28H,3-4,8-10H2,1H3/t13-,21-,22-,23-,24+/m1/s1. The Morgan fingerprint density at radius 1 is 1.10 bits per heavy atom. The first-order valence-corrected chi connectivity index (χ1v) is 12.0. The maximum absolute atomic E-state index is 10.5. The summed E-state index contributed by atoms with van der Waals surface area (Å²) >= 11 is 2.21. The minimum absolute atomic E-state index is 0.196. The fourth-order valence-electron chi connectivity index (χ4n) is 4.56. The Bertz CT molecular complexity index is 931. The molecule has 2 aromatic rings. The van der Waals surface area contributed by atoms with Crippen LogP contribution in [0.1, 0.15) is 54.0 Å². The molecule has 0 aromatic heterocycles. The summed E-state index contributed by atoms with van der Waals surface area (Å²) in [5.41, 5.74) is 6.15. The molecule has 1 saturated carbocycles. The number of nitrogens with one attached hydrogen (secondary N) is 1. The lowest BCUT2D eigenvalue weighted by molar-refractivity contribution is -0.155. The van der Waals surface area contributed by atoms with Crippen molar-refractivity contribution in [2.75, 3.05) is 18.5 Å². The van der Waals surface area contributed by atoms with E-state index in [4.69, 9.17) is 9.47 Å². The van der Waals surface area contributed by atoms with Crippen LogP contribution in [0.15, 0.2) is 36.4 Å². The highest BCUT2D eigenvalue weighted by Gasteiger charge is 2.42. The molecule has 5 rings (SSSR count). The summed E-state index contributed by atoms with van der Waals surface area (Å²) < 4.78 is 11.6. The zero-order valence-corrected chi connectivity index (χ0v) is 19.2. The van der Waals surface area contributed by atoms with Gasteiger partial charge in [-0.1, -0.05) is 46.9 Å². The Kier molecular flexibility index (Phi) is 5.68. The molecule has 0 bridgehead atoms. The van der Waals surface area contributed by atoms with E-state index in [1.54, 1.807) is 0 Å². The number of aliphatic hydroxyl groups is 2. The van der Waals surface area contributed by atoms with Crippen molar-refractivity contribution in [3.63, 3.8) is 0 Å². The molecule has 0 unspecified atom stereocenters. The van der Waals surface area contributed by atoms with Crippen molar-refractivity contribution in [2.24, 2.45) is 0 Å². The summed E-state index contributed by atoms with van der Waals surface area (Å²) in [6.45, 7) is 3.37. The van der Waals surface area contributed by atoms with Gasteiger partial charge in [0.2, 0.25) is 0 Å². The van der Waals surface area contributed by atoms with Crippen molar-refractivity contribution in [2.45, 2.75) is 60.4 Å². The van der Waals surface area contributed by atoms with Crippen LogP contribution >= 0.6 is 22.6 Å². The van der Waals surface area contributed by atoms with Gasteiger partial charge in [-0.05, 0) is 66.5 Å². The predicted octanol–water partition coefficient (Wildman–Crippen LogP) is 3.94. The maximum atomic E-state index is 10.5. The summed E-state index contributed by atoms with van der Waals surface area (Å²) in [5.74, 6) is 1.58. The Morgan fingerprint density at radius 2 is 1.93 bits per heavy atom. The monoisotopic (exact) mass is 521 g/mol. The number of alkyl halides is 1. The minimum Gasteiger partial charge on any atom is -0.490 e. The largest absolute Gasteiger partial charge is 0.490 e. The van der Waals surface area contributed by atoms with Crippen LogP contribution in [-0.4, -0.2) is 45.6 Å². The molecule has 0 amide bonds. The van der Waals surface area contributed by atoms with E-state index in [9.17, 15) is 10.2 Å². The van der Waals surface area contributed by atoms with Crippen LogP contribution < -0.4 is 10.1 Å². The number of rotatable bonds is 4. The number of benzene rings is 2. The van der Waals surface area contributed by atoms with Crippen LogP contribution in [0.5, 0.6) is 5.75 Å². The molecule has 0 spiro atoms. The average molecular weight is 521 g/mol. The van der Waals surface area contributed by atoms with Gasteiger partial charge in [0.25, 0.3) is 0 Å². The summed E-state index contributed by atoms with van der Waals surface area (Å²) in [6.07, 6.45) is 1.09. The second-order valence-corrected chi connectivity index (χ2v) is 10.1. The van der Waals surface area contributed by atoms with Crippen LogP contribution in [0.25, 0.3) is 0 Å². The zero-order chi connectivity index (χ0) is 20.8. The summed E-state index contributed by atoms with van der Waals surface area (Å²) in [7, 11) is 0. The molecule has 2 aromatic carbocycles. The number of ether oxygens (including phenoxy) is 2. The van der Waals surface area contributed by atoms with E-state index in [2.05, 4.69) is 64.3 Å². The highest BCUT2D eigenvalue weighted by atomic mass is 127. The molecule has 1 aliphatic carbocycles. The number of halogens is 1. The zero-order valence-electron chi connectivity index (χ0n) is 17.1.